The Kier molecular flexibility index (Phi) is 10.2. The molecule has 3 saturated carbocycles. The normalized spacial score (nSPS) is 32.3. The molecule has 186 valence electrons. The average molecular weight is 459 g/mol. The van der Waals surface area contributed by atoms with E-state index in [-0.39, 0.29) is 0 Å². The van der Waals surface area contributed by atoms with E-state index in [9.17, 15) is 0 Å². The van der Waals surface area contributed by atoms with Crippen molar-refractivity contribution in [3.8, 4) is 11.8 Å². The van der Waals surface area contributed by atoms with Crippen LogP contribution in [-0.4, -0.2) is 0 Å². The quantitative estimate of drug-likeness (QED) is 0.356. The van der Waals surface area contributed by atoms with Crippen molar-refractivity contribution in [3.63, 3.8) is 0 Å². The maximum Gasteiger partial charge on any atom is 0.0249 e. The molecule has 0 aromatic heterocycles. The molecule has 4 rings (SSSR count). The molecule has 0 heterocycles. The first-order chi connectivity index (χ1) is 16.7. The van der Waals surface area contributed by atoms with Gasteiger partial charge in [0.25, 0.3) is 0 Å². The Morgan fingerprint density at radius 1 is 0.676 bits per heavy atom. The number of allylic oxidation sites excluding steroid dienone is 2. The summed E-state index contributed by atoms with van der Waals surface area (Å²) < 4.78 is 0. The van der Waals surface area contributed by atoms with Crippen LogP contribution in [0.3, 0.4) is 0 Å². The molecule has 3 aliphatic carbocycles. The highest BCUT2D eigenvalue weighted by Crippen LogP contribution is 2.42. The van der Waals surface area contributed by atoms with E-state index in [1.807, 2.05) is 0 Å². The zero-order chi connectivity index (χ0) is 23.6. The van der Waals surface area contributed by atoms with Crippen LogP contribution in [0.2, 0.25) is 0 Å². The molecule has 0 aliphatic heterocycles. The summed E-state index contributed by atoms with van der Waals surface area (Å²) in [6.45, 7) is 4.67. The molecule has 0 spiro atoms. The van der Waals surface area contributed by atoms with Crippen molar-refractivity contribution in [2.24, 2.45) is 29.6 Å². The van der Waals surface area contributed by atoms with Gasteiger partial charge in [-0.15, -0.1) is 0 Å². The Labute approximate surface area is 211 Å². The third-order valence-electron chi connectivity index (χ3n) is 9.67. The van der Waals surface area contributed by atoms with Gasteiger partial charge in [-0.1, -0.05) is 82.4 Å². The van der Waals surface area contributed by atoms with Crippen molar-refractivity contribution in [3.05, 3.63) is 47.5 Å². The summed E-state index contributed by atoms with van der Waals surface area (Å²) in [5.41, 5.74) is 2.70. The molecule has 3 aliphatic rings. The molecule has 3 fully saturated rings. The molecule has 0 atom stereocenters. The van der Waals surface area contributed by atoms with Gasteiger partial charge in [-0.25, -0.2) is 0 Å². The summed E-state index contributed by atoms with van der Waals surface area (Å²) in [6.07, 6.45) is 27.5. The van der Waals surface area contributed by atoms with Gasteiger partial charge in [-0.3, -0.25) is 0 Å². The molecule has 0 N–H and O–H groups in total. The Balaban J connectivity index is 1.17. The van der Waals surface area contributed by atoms with Crippen LogP contribution in [0, 0.1) is 41.4 Å². The van der Waals surface area contributed by atoms with E-state index in [2.05, 4.69) is 62.1 Å². The minimum absolute atomic E-state index is 0.757. The number of rotatable bonds is 7. The van der Waals surface area contributed by atoms with E-state index in [4.69, 9.17) is 0 Å². The average Bonchev–Trinajstić information content (AvgIpc) is 2.89. The minimum Gasteiger partial charge on any atom is -0.0730 e. The topological polar surface area (TPSA) is 0 Å². The van der Waals surface area contributed by atoms with Gasteiger partial charge >= 0.3 is 0 Å². The molecule has 0 unspecified atom stereocenters. The molecule has 0 nitrogen and oxygen atoms in total. The van der Waals surface area contributed by atoms with Crippen molar-refractivity contribution >= 4 is 0 Å². The van der Waals surface area contributed by atoms with Crippen LogP contribution in [0.4, 0.5) is 0 Å². The highest BCUT2D eigenvalue weighted by molar-refractivity contribution is 5.39. The lowest BCUT2D eigenvalue weighted by Gasteiger charge is -2.37. The summed E-state index contributed by atoms with van der Waals surface area (Å²) in [4.78, 5) is 0. The first-order valence-corrected chi connectivity index (χ1v) is 15.0. The molecule has 0 bridgehead atoms. The second-order valence-corrected chi connectivity index (χ2v) is 12.0. The van der Waals surface area contributed by atoms with Gasteiger partial charge in [0.05, 0.1) is 0 Å². The van der Waals surface area contributed by atoms with Gasteiger partial charge in [-0.2, -0.15) is 0 Å². The van der Waals surface area contributed by atoms with E-state index in [0.29, 0.717) is 0 Å². The first-order valence-electron chi connectivity index (χ1n) is 15.0. The predicted octanol–water partition coefficient (Wildman–Crippen LogP) is 10.1. The lowest BCUT2D eigenvalue weighted by atomic mass is 9.69. The smallest absolute Gasteiger partial charge is 0.0249 e. The van der Waals surface area contributed by atoms with Crippen molar-refractivity contribution in [1.82, 2.24) is 0 Å². The van der Waals surface area contributed by atoms with Crippen LogP contribution >= 0.6 is 0 Å². The molecule has 0 saturated heterocycles. The first kappa shape index (κ1) is 25.6. The molecule has 0 heteroatoms. The van der Waals surface area contributed by atoms with Crippen molar-refractivity contribution in [1.29, 1.82) is 0 Å². The van der Waals surface area contributed by atoms with Crippen molar-refractivity contribution in [2.75, 3.05) is 0 Å². The summed E-state index contributed by atoms with van der Waals surface area (Å²) >= 11 is 0. The maximum absolute atomic E-state index is 3.38. The SMILES string of the molecule is CCC[C@H]1CC[C@H](c2ccc(C#C/C=C/C3CCC([C@H]4CC[C@H](CCC)CC4)CC3)cc2)CC1. The Morgan fingerprint density at radius 2 is 1.21 bits per heavy atom. The van der Waals surface area contributed by atoms with Gasteiger partial charge in [0.15, 0.2) is 0 Å². The molecule has 34 heavy (non-hydrogen) atoms. The van der Waals surface area contributed by atoms with Crippen molar-refractivity contribution < 1.29 is 0 Å². The Hall–Kier alpha value is -1.48. The lowest BCUT2D eigenvalue weighted by Crippen LogP contribution is -2.25. The Morgan fingerprint density at radius 3 is 1.76 bits per heavy atom. The molecule has 1 aromatic carbocycles. The lowest BCUT2D eigenvalue weighted by molar-refractivity contribution is 0.152. The van der Waals surface area contributed by atoms with Crippen molar-refractivity contribution in [2.45, 2.75) is 122 Å². The van der Waals surface area contributed by atoms with Crippen LogP contribution in [0.15, 0.2) is 36.4 Å². The number of hydrogen-bond acceptors (Lipinski definition) is 0. The fraction of sp³-hybridized carbons (Fsp3) is 0.706. The second-order valence-electron chi connectivity index (χ2n) is 12.0. The molecular formula is C34H50. The zero-order valence-corrected chi connectivity index (χ0v) is 22.2. The van der Waals surface area contributed by atoms with E-state index in [0.717, 1.165) is 41.1 Å². The minimum atomic E-state index is 0.757. The molecular weight excluding hydrogens is 408 g/mol. The van der Waals surface area contributed by atoms with Crippen LogP contribution < -0.4 is 0 Å². The standard InChI is InChI=1S/C34H50/c1-3-7-27-11-19-31(20-12-27)33-23-15-29(16-24-33)9-5-6-10-30-17-25-34(26-18-30)32-21-13-28(8-4-2)14-22-32/h5,9,17-18,25-29,31-33H,3-4,7-8,11-16,19-24H2,1-2H3/b9-5+/t27-,28-,29?,31-,32-,33?. The summed E-state index contributed by atoms with van der Waals surface area (Å²) in [6, 6.07) is 9.18. The monoisotopic (exact) mass is 458 g/mol. The number of hydrogen-bond donors (Lipinski definition) is 0. The fourth-order valence-electron chi connectivity index (χ4n) is 7.51. The van der Waals surface area contributed by atoms with Gasteiger partial charge in [0.1, 0.15) is 0 Å². The van der Waals surface area contributed by atoms with E-state index in [1.165, 1.54) is 108 Å². The third-order valence-corrected chi connectivity index (χ3v) is 9.67. The zero-order valence-electron chi connectivity index (χ0n) is 22.2. The van der Waals surface area contributed by atoms with Gasteiger partial charge in [0.2, 0.25) is 0 Å². The van der Waals surface area contributed by atoms with Crippen LogP contribution in [0.5, 0.6) is 0 Å². The van der Waals surface area contributed by atoms with Crippen LogP contribution in [-0.2, 0) is 0 Å². The van der Waals surface area contributed by atoms with E-state index >= 15 is 0 Å². The van der Waals surface area contributed by atoms with Gasteiger partial charge in [-0.05, 0) is 123 Å². The van der Waals surface area contributed by atoms with Crippen LogP contribution in [0.25, 0.3) is 0 Å². The largest absolute Gasteiger partial charge is 0.0730 e. The maximum atomic E-state index is 3.38. The second kappa shape index (κ2) is 13.6. The van der Waals surface area contributed by atoms with E-state index in [1.54, 1.807) is 0 Å². The molecule has 0 radical (unpaired) electrons. The predicted molar refractivity (Wildman–Crippen MR) is 148 cm³/mol. The molecule has 0 amide bonds. The van der Waals surface area contributed by atoms with Crippen LogP contribution in [0.1, 0.15) is 134 Å². The summed E-state index contributed by atoms with van der Waals surface area (Å²) in [5, 5.41) is 0. The Bertz CT molecular complexity index is 779. The van der Waals surface area contributed by atoms with E-state index < -0.39 is 0 Å². The van der Waals surface area contributed by atoms with Gasteiger partial charge in [0, 0.05) is 5.56 Å². The summed E-state index contributed by atoms with van der Waals surface area (Å²) in [7, 11) is 0. The third kappa shape index (κ3) is 7.51. The number of benzene rings is 1. The highest BCUT2D eigenvalue weighted by Gasteiger charge is 2.30. The highest BCUT2D eigenvalue weighted by atomic mass is 14.4. The fourth-order valence-corrected chi connectivity index (χ4v) is 7.51. The summed E-state index contributed by atoms with van der Waals surface area (Å²) in [5.74, 6) is 12.3. The van der Waals surface area contributed by atoms with Gasteiger partial charge < -0.3 is 0 Å². The molecule has 1 aromatic rings.